The van der Waals surface area contributed by atoms with Crippen LogP contribution in [0.4, 0.5) is 5.69 Å². The zero-order chi connectivity index (χ0) is 13.2. The van der Waals surface area contributed by atoms with Crippen molar-refractivity contribution in [2.75, 3.05) is 38.3 Å². The molecule has 1 atom stereocenters. The number of nitrogens with zero attached hydrogens (tertiary/aromatic N) is 1. The lowest BCUT2D eigenvalue weighted by molar-refractivity contribution is -0.131. The van der Waals surface area contributed by atoms with Gasteiger partial charge in [0.25, 0.3) is 5.91 Å². The number of rotatable bonds is 2. The van der Waals surface area contributed by atoms with Crippen LogP contribution in [0.3, 0.4) is 0 Å². The zero-order valence-electron chi connectivity index (χ0n) is 11.0. The van der Waals surface area contributed by atoms with Gasteiger partial charge >= 0.3 is 0 Å². The number of hydrogen-bond acceptors (Lipinski definition) is 4. The number of hydrogen-bond donors (Lipinski definition) is 1. The Morgan fingerprint density at radius 1 is 1.42 bits per heavy atom. The van der Waals surface area contributed by atoms with Crippen LogP contribution in [0.15, 0.2) is 18.2 Å². The largest absolute Gasteiger partial charge is 0.493 e. The Morgan fingerprint density at radius 2 is 2.32 bits per heavy atom. The Bertz CT molecular complexity index is 484. The first kappa shape index (κ1) is 12.4. The minimum absolute atomic E-state index is 0.00827. The van der Waals surface area contributed by atoms with Gasteiger partial charge in [0.2, 0.25) is 0 Å². The first-order valence-electron chi connectivity index (χ1n) is 6.61. The van der Waals surface area contributed by atoms with Crippen molar-refractivity contribution in [2.45, 2.75) is 12.5 Å². The molecule has 1 aromatic rings. The van der Waals surface area contributed by atoms with Crippen LogP contribution < -0.4 is 15.0 Å². The average molecular weight is 262 g/mol. The molecule has 102 valence electrons. The molecule has 0 radical (unpaired) electrons. The highest BCUT2D eigenvalue weighted by molar-refractivity contribution is 5.96. The van der Waals surface area contributed by atoms with Crippen LogP contribution in [0.25, 0.3) is 0 Å². The van der Waals surface area contributed by atoms with Crippen LogP contribution in [0.1, 0.15) is 5.56 Å². The normalized spacial score (nSPS) is 21.6. The van der Waals surface area contributed by atoms with Crippen molar-refractivity contribution in [3.8, 4) is 5.75 Å². The Labute approximate surface area is 112 Å². The van der Waals surface area contributed by atoms with Gasteiger partial charge in [0.1, 0.15) is 11.9 Å². The average Bonchev–Trinajstić information content (AvgIpc) is 2.94. The number of anilines is 1. The van der Waals surface area contributed by atoms with Crippen LogP contribution >= 0.6 is 0 Å². The van der Waals surface area contributed by atoms with E-state index in [-0.39, 0.29) is 12.0 Å². The number of nitrogens with one attached hydrogen (secondary N) is 1. The summed E-state index contributed by atoms with van der Waals surface area (Å²) < 4.78 is 11.0. The van der Waals surface area contributed by atoms with Crippen LogP contribution in [0.2, 0.25) is 0 Å². The summed E-state index contributed by atoms with van der Waals surface area (Å²) in [6.07, 6.45) is 0.524. The Balaban J connectivity index is 1.75. The molecule has 0 bridgehead atoms. The van der Waals surface area contributed by atoms with Gasteiger partial charge in [-0.25, -0.2) is 0 Å². The van der Waals surface area contributed by atoms with Crippen molar-refractivity contribution in [1.82, 2.24) is 5.32 Å². The maximum absolute atomic E-state index is 12.3. The van der Waals surface area contributed by atoms with Gasteiger partial charge in [0.15, 0.2) is 0 Å². The second kappa shape index (κ2) is 5.19. The van der Waals surface area contributed by atoms with E-state index in [0.717, 1.165) is 31.0 Å². The Hall–Kier alpha value is -1.59. The summed E-state index contributed by atoms with van der Waals surface area (Å²) >= 11 is 0. The van der Waals surface area contributed by atoms with Crippen molar-refractivity contribution in [3.05, 3.63) is 23.8 Å². The van der Waals surface area contributed by atoms with E-state index in [2.05, 4.69) is 5.32 Å². The number of benzene rings is 1. The molecule has 3 rings (SSSR count). The molecule has 1 fully saturated rings. The molecule has 19 heavy (non-hydrogen) atoms. The van der Waals surface area contributed by atoms with Gasteiger partial charge in [-0.15, -0.1) is 0 Å². The minimum Gasteiger partial charge on any atom is -0.493 e. The number of likely N-dealkylation sites (N-methyl/N-ethyl adjacent to an activating group) is 1. The Morgan fingerprint density at radius 3 is 3.11 bits per heavy atom. The molecule has 1 N–H and O–H groups in total. The molecular formula is C14H18N2O3. The molecule has 0 spiro atoms. The van der Waals surface area contributed by atoms with Crippen molar-refractivity contribution < 1.29 is 14.3 Å². The zero-order valence-corrected chi connectivity index (χ0v) is 11.0. The Kier molecular flexibility index (Phi) is 3.40. The lowest BCUT2D eigenvalue weighted by atomic mass is 10.1. The summed E-state index contributed by atoms with van der Waals surface area (Å²) in [5, 5.41) is 3.17. The third-order valence-electron chi connectivity index (χ3n) is 3.59. The van der Waals surface area contributed by atoms with Crippen LogP contribution in [-0.4, -0.2) is 45.4 Å². The van der Waals surface area contributed by atoms with E-state index >= 15 is 0 Å². The number of amides is 1. The monoisotopic (exact) mass is 262 g/mol. The highest BCUT2D eigenvalue weighted by Gasteiger charge is 2.26. The number of carbonyl (C=O) groups is 1. The molecule has 2 aliphatic heterocycles. The van der Waals surface area contributed by atoms with Crippen molar-refractivity contribution in [1.29, 1.82) is 0 Å². The van der Waals surface area contributed by atoms with Crippen molar-refractivity contribution in [3.63, 3.8) is 0 Å². The van der Waals surface area contributed by atoms with Crippen molar-refractivity contribution >= 4 is 11.6 Å². The van der Waals surface area contributed by atoms with E-state index in [1.807, 2.05) is 18.2 Å². The fourth-order valence-electron chi connectivity index (χ4n) is 2.45. The molecule has 1 saturated heterocycles. The maximum atomic E-state index is 12.3. The summed E-state index contributed by atoms with van der Waals surface area (Å²) in [4.78, 5) is 14.0. The van der Waals surface area contributed by atoms with E-state index in [1.165, 1.54) is 5.56 Å². The number of carbonyl (C=O) groups excluding carboxylic acids is 1. The molecule has 1 amide bonds. The molecule has 0 aromatic heterocycles. The van der Waals surface area contributed by atoms with E-state index in [4.69, 9.17) is 9.47 Å². The van der Waals surface area contributed by atoms with Crippen LogP contribution in [-0.2, 0) is 16.0 Å². The SMILES string of the molecule is CN(C(=O)C1CNCCO1)c1ccc2c(c1)CCO2. The lowest BCUT2D eigenvalue weighted by Gasteiger charge is -2.27. The molecule has 5 nitrogen and oxygen atoms in total. The minimum atomic E-state index is -0.386. The third-order valence-corrected chi connectivity index (χ3v) is 3.59. The molecule has 5 heteroatoms. The second-order valence-electron chi connectivity index (χ2n) is 4.85. The van der Waals surface area contributed by atoms with Gasteiger partial charge in [0.05, 0.1) is 13.2 Å². The number of ether oxygens (including phenoxy) is 2. The quantitative estimate of drug-likeness (QED) is 0.846. The highest BCUT2D eigenvalue weighted by atomic mass is 16.5. The fraction of sp³-hybridized carbons (Fsp3) is 0.500. The summed E-state index contributed by atoms with van der Waals surface area (Å²) in [6, 6.07) is 5.87. The standard InChI is InChI=1S/C14H18N2O3/c1-16(14(17)13-9-15-5-7-19-13)11-2-3-12-10(8-11)4-6-18-12/h2-3,8,13,15H,4-7,9H2,1H3. The predicted molar refractivity (Wildman–Crippen MR) is 71.7 cm³/mol. The summed E-state index contributed by atoms with van der Waals surface area (Å²) in [6.45, 7) is 2.70. The second-order valence-corrected chi connectivity index (χ2v) is 4.85. The fourth-order valence-corrected chi connectivity index (χ4v) is 2.45. The van der Waals surface area contributed by atoms with Gasteiger partial charge < -0.3 is 19.7 Å². The van der Waals surface area contributed by atoms with Gasteiger partial charge in [-0.05, 0) is 23.8 Å². The molecular weight excluding hydrogens is 244 g/mol. The van der Waals surface area contributed by atoms with Gasteiger partial charge in [-0.1, -0.05) is 0 Å². The molecule has 0 saturated carbocycles. The summed E-state index contributed by atoms with van der Waals surface area (Å²) in [5.41, 5.74) is 2.06. The van der Waals surface area contributed by atoms with E-state index in [0.29, 0.717) is 13.2 Å². The molecule has 1 unspecified atom stereocenters. The third kappa shape index (κ3) is 2.43. The smallest absolute Gasteiger partial charge is 0.257 e. The maximum Gasteiger partial charge on any atom is 0.257 e. The first-order valence-corrected chi connectivity index (χ1v) is 6.61. The highest BCUT2D eigenvalue weighted by Crippen LogP contribution is 2.29. The molecule has 2 heterocycles. The lowest BCUT2D eigenvalue weighted by Crippen LogP contribution is -2.48. The van der Waals surface area contributed by atoms with Gasteiger partial charge in [-0.2, -0.15) is 0 Å². The summed E-state index contributed by atoms with van der Waals surface area (Å²) in [5.74, 6) is 0.922. The van der Waals surface area contributed by atoms with Gasteiger partial charge in [-0.3, -0.25) is 4.79 Å². The molecule has 2 aliphatic rings. The van der Waals surface area contributed by atoms with Gasteiger partial charge in [0, 0.05) is 32.2 Å². The number of fused-ring (bicyclic) bond motifs is 1. The summed E-state index contributed by atoms with van der Waals surface area (Å²) in [7, 11) is 1.79. The molecule has 0 aliphatic carbocycles. The van der Waals surface area contributed by atoms with Crippen LogP contribution in [0, 0.1) is 0 Å². The first-order chi connectivity index (χ1) is 9.25. The molecule has 1 aromatic carbocycles. The number of morpholine rings is 1. The van der Waals surface area contributed by atoms with E-state index in [1.54, 1.807) is 11.9 Å². The van der Waals surface area contributed by atoms with E-state index < -0.39 is 0 Å². The topological polar surface area (TPSA) is 50.8 Å². The van der Waals surface area contributed by atoms with E-state index in [9.17, 15) is 4.79 Å². The predicted octanol–water partition coefficient (Wildman–Crippen LogP) is 0.573. The van der Waals surface area contributed by atoms with Crippen LogP contribution in [0.5, 0.6) is 5.75 Å². The van der Waals surface area contributed by atoms with Crippen molar-refractivity contribution in [2.24, 2.45) is 0 Å².